The van der Waals surface area contributed by atoms with E-state index in [1.165, 1.54) is 0 Å². The zero-order chi connectivity index (χ0) is 19.6. The van der Waals surface area contributed by atoms with Crippen molar-refractivity contribution in [1.82, 2.24) is 0 Å². The van der Waals surface area contributed by atoms with Gasteiger partial charge in [0.25, 0.3) is 0 Å². The average molecular weight is 375 g/mol. The summed E-state index contributed by atoms with van der Waals surface area (Å²) >= 11 is 0. The van der Waals surface area contributed by atoms with Gasteiger partial charge in [0.15, 0.2) is 0 Å². The van der Waals surface area contributed by atoms with Gasteiger partial charge in [0, 0.05) is 5.39 Å². The second kappa shape index (κ2) is 5.79. The molecule has 1 spiro atoms. The molecule has 5 nitrogen and oxygen atoms in total. The summed E-state index contributed by atoms with van der Waals surface area (Å²) in [6.45, 7) is 5.97. The van der Waals surface area contributed by atoms with Gasteiger partial charge in [-0.2, -0.15) is 0 Å². The number of hydrogen-bond acceptors (Lipinski definition) is 3. The third-order valence-electron chi connectivity index (χ3n) is 6.27. The van der Waals surface area contributed by atoms with Crippen LogP contribution in [-0.2, 0) is 14.3 Å². The van der Waals surface area contributed by atoms with Gasteiger partial charge in [0.1, 0.15) is 11.5 Å². The zero-order valence-electron chi connectivity index (χ0n) is 15.5. The van der Waals surface area contributed by atoms with E-state index in [1.54, 1.807) is 11.0 Å². The molecular formula is C23H21NO4. The fraction of sp³-hybridized carbons (Fsp3) is 0.304. The number of carbonyl (C=O) groups excluding carboxylic acids is 1. The van der Waals surface area contributed by atoms with Crippen LogP contribution in [0.15, 0.2) is 66.8 Å². The lowest BCUT2D eigenvalue weighted by molar-refractivity contribution is -0.146. The number of fused-ring (bicyclic) bond motifs is 2. The number of ether oxygens (including phenoxy) is 1. The Morgan fingerprint density at radius 3 is 2.75 bits per heavy atom. The molecule has 2 fully saturated rings. The molecule has 2 bridgehead atoms. The minimum Gasteiger partial charge on any atom is -0.481 e. The third kappa shape index (κ3) is 2.11. The van der Waals surface area contributed by atoms with Crippen LogP contribution in [0.1, 0.15) is 13.3 Å². The Balaban J connectivity index is 1.71. The molecule has 2 saturated heterocycles. The number of rotatable bonds is 4. The number of aliphatic carboxylic acids is 1. The fourth-order valence-electron chi connectivity index (χ4n) is 5.22. The zero-order valence-corrected chi connectivity index (χ0v) is 15.5. The van der Waals surface area contributed by atoms with Crippen LogP contribution in [0.3, 0.4) is 0 Å². The molecule has 3 aliphatic heterocycles. The number of anilines is 1. The van der Waals surface area contributed by atoms with Crippen LogP contribution in [-0.4, -0.2) is 34.7 Å². The molecule has 0 aromatic heterocycles. The number of nitrogens with zero attached hydrogens (tertiary/aromatic N) is 1. The maximum Gasteiger partial charge on any atom is 0.310 e. The summed E-state index contributed by atoms with van der Waals surface area (Å²) in [7, 11) is 0. The molecule has 5 heteroatoms. The van der Waals surface area contributed by atoms with Crippen molar-refractivity contribution in [2.24, 2.45) is 11.8 Å². The number of benzene rings is 2. The summed E-state index contributed by atoms with van der Waals surface area (Å²) in [4.78, 5) is 27.4. The molecule has 3 aliphatic rings. The largest absolute Gasteiger partial charge is 0.481 e. The SMILES string of the molecule is C=C(C)C[C@H]1N(c2cccc3ccccc23)C(=O)[C@H]2[C@@H](C(=O)O)[C@@H]3C=C[C@]21O3. The fourth-order valence-corrected chi connectivity index (χ4v) is 5.22. The molecule has 0 radical (unpaired) electrons. The normalized spacial score (nSPS) is 32.9. The van der Waals surface area contributed by atoms with Gasteiger partial charge in [-0.05, 0) is 24.8 Å². The van der Waals surface area contributed by atoms with E-state index in [2.05, 4.69) is 6.58 Å². The van der Waals surface area contributed by atoms with Crippen molar-refractivity contribution in [3.05, 3.63) is 66.8 Å². The number of carbonyl (C=O) groups is 2. The molecule has 5 atom stereocenters. The van der Waals surface area contributed by atoms with Gasteiger partial charge in [-0.1, -0.05) is 54.1 Å². The second-order valence-electron chi connectivity index (χ2n) is 8.02. The van der Waals surface area contributed by atoms with E-state index in [-0.39, 0.29) is 11.9 Å². The van der Waals surface area contributed by atoms with Gasteiger partial charge < -0.3 is 14.7 Å². The van der Waals surface area contributed by atoms with E-state index in [0.29, 0.717) is 6.42 Å². The topological polar surface area (TPSA) is 66.8 Å². The van der Waals surface area contributed by atoms with Gasteiger partial charge in [-0.3, -0.25) is 9.59 Å². The molecule has 3 heterocycles. The molecule has 0 saturated carbocycles. The maximum absolute atomic E-state index is 13.6. The standard InChI is InChI=1S/C23H21NO4/c1-13(2)12-18-23-11-10-17(28-23)19(22(26)27)20(23)21(25)24(18)16-9-5-7-14-6-3-4-8-15(14)16/h3-11,17-20H,1,12H2,2H3,(H,26,27)/t17-,18+,19-,20+,23+/m0/s1. The van der Waals surface area contributed by atoms with Crippen LogP contribution < -0.4 is 4.90 Å². The first-order chi connectivity index (χ1) is 13.4. The molecule has 0 aliphatic carbocycles. The summed E-state index contributed by atoms with van der Waals surface area (Å²) in [5.41, 5.74) is 0.806. The number of hydrogen-bond donors (Lipinski definition) is 1. The highest BCUT2D eigenvalue weighted by atomic mass is 16.5. The Bertz CT molecular complexity index is 1050. The second-order valence-corrected chi connectivity index (χ2v) is 8.02. The van der Waals surface area contributed by atoms with Crippen LogP contribution in [0, 0.1) is 11.8 Å². The van der Waals surface area contributed by atoms with Gasteiger partial charge in [-0.15, -0.1) is 6.58 Å². The first kappa shape index (κ1) is 17.2. The minimum atomic E-state index is -0.983. The number of carboxylic acid groups (broad SMARTS) is 1. The first-order valence-electron chi connectivity index (χ1n) is 9.49. The highest BCUT2D eigenvalue weighted by molar-refractivity contribution is 6.09. The lowest BCUT2D eigenvalue weighted by Crippen LogP contribution is -2.45. The van der Waals surface area contributed by atoms with Crippen molar-refractivity contribution in [2.75, 3.05) is 4.90 Å². The maximum atomic E-state index is 13.6. The van der Waals surface area contributed by atoms with E-state index in [1.807, 2.05) is 55.5 Å². The van der Waals surface area contributed by atoms with Crippen LogP contribution in [0.25, 0.3) is 10.8 Å². The van der Waals surface area contributed by atoms with Crippen LogP contribution in [0.4, 0.5) is 5.69 Å². The molecule has 142 valence electrons. The molecule has 2 aromatic rings. The molecule has 2 aromatic carbocycles. The number of amides is 1. The van der Waals surface area contributed by atoms with E-state index < -0.39 is 29.5 Å². The lowest BCUT2D eigenvalue weighted by Gasteiger charge is -2.34. The molecule has 1 N–H and O–H groups in total. The van der Waals surface area contributed by atoms with Gasteiger partial charge in [0.2, 0.25) is 5.91 Å². The van der Waals surface area contributed by atoms with Crippen molar-refractivity contribution >= 4 is 28.3 Å². The van der Waals surface area contributed by atoms with Crippen LogP contribution in [0.5, 0.6) is 0 Å². The van der Waals surface area contributed by atoms with E-state index in [4.69, 9.17) is 4.74 Å². The van der Waals surface area contributed by atoms with Crippen LogP contribution in [0.2, 0.25) is 0 Å². The van der Waals surface area contributed by atoms with E-state index >= 15 is 0 Å². The van der Waals surface area contributed by atoms with Crippen LogP contribution >= 0.6 is 0 Å². The number of carboxylic acids is 1. The predicted molar refractivity (Wildman–Crippen MR) is 106 cm³/mol. The van der Waals surface area contributed by atoms with Gasteiger partial charge in [0.05, 0.1) is 23.8 Å². The lowest BCUT2D eigenvalue weighted by atomic mass is 9.74. The van der Waals surface area contributed by atoms with E-state index in [0.717, 1.165) is 22.0 Å². The highest BCUT2D eigenvalue weighted by Gasteiger charge is 2.71. The summed E-state index contributed by atoms with van der Waals surface area (Å²) in [6, 6.07) is 13.4. The van der Waals surface area contributed by atoms with Crippen molar-refractivity contribution in [1.29, 1.82) is 0 Å². The Hall–Kier alpha value is -2.92. The Morgan fingerprint density at radius 2 is 2.00 bits per heavy atom. The van der Waals surface area contributed by atoms with Crippen molar-refractivity contribution in [3.63, 3.8) is 0 Å². The summed E-state index contributed by atoms with van der Waals surface area (Å²) < 4.78 is 6.21. The summed E-state index contributed by atoms with van der Waals surface area (Å²) in [5, 5.41) is 11.8. The predicted octanol–water partition coefficient (Wildman–Crippen LogP) is 3.55. The van der Waals surface area contributed by atoms with Gasteiger partial charge in [-0.25, -0.2) is 0 Å². The van der Waals surface area contributed by atoms with E-state index in [9.17, 15) is 14.7 Å². The molecule has 28 heavy (non-hydrogen) atoms. The Kier molecular flexibility index (Phi) is 3.55. The van der Waals surface area contributed by atoms with Crippen molar-refractivity contribution < 1.29 is 19.4 Å². The monoisotopic (exact) mass is 375 g/mol. The Morgan fingerprint density at radius 1 is 1.25 bits per heavy atom. The van der Waals surface area contributed by atoms with Crippen molar-refractivity contribution in [2.45, 2.75) is 31.1 Å². The summed E-state index contributed by atoms with van der Waals surface area (Å²) in [5.74, 6) is -2.74. The smallest absolute Gasteiger partial charge is 0.310 e. The first-order valence-corrected chi connectivity index (χ1v) is 9.49. The summed E-state index contributed by atoms with van der Waals surface area (Å²) in [6.07, 6.45) is 3.72. The Labute approximate surface area is 162 Å². The minimum absolute atomic E-state index is 0.179. The van der Waals surface area contributed by atoms with Crippen molar-refractivity contribution in [3.8, 4) is 0 Å². The molecule has 0 unspecified atom stereocenters. The average Bonchev–Trinajstić information content (AvgIpc) is 3.30. The van der Waals surface area contributed by atoms with Gasteiger partial charge >= 0.3 is 5.97 Å². The molecular weight excluding hydrogens is 354 g/mol. The molecule has 1 amide bonds. The highest BCUT2D eigenvalue weighted by Crippen LogP contribution is 2.57. The third-order valence-corrected chi connectivity index (χ3v) is 6.27. The quantitative estimate of drug-likeness (QED) is 0.830. The molecule has 5 rings (SSSR count).